The molecule has 5 nitrogen and oxygen atoms in total. The molecular formula is C13H18Br2N2O3. The second-order valence-electron chi connectivity index (χ2n) is 5.35. The Hall–Kier alpha value is -0.660. The minimum atomic E-state index is -0.563. The number of amides is 1. The van der Waals surface area contributed by atoms with Crippen LogP contribution in [0.2, 0.25) is 0 Å². The van der Waals surface area contributed by atoms with Gasteiger partial charge in [0.1, 0.15) is 14.8 Å². The standard InChI is InChI=1S/C13H18Br2N2O3/c1-13(2,3)20-12(19)16-9(7-18)4-8-5-10(14)17-11(15)6-8/h5-6,9,18H,4,7H2,1-3H3,(H,16,19). The van der Waals surface area contributed by atoms with Gasteiger partial charge in [-0.3, -0.25) is 0 Å². The van der Waals surface area contributed by atoms with Crippen LogP contribution in [-0.2, 0) is 11.2 Å². The van der Waals surface area contributed by atoms with Gasteiger partial charge in [-0.25, -0.2) is 9.78 Å². The summed E-state index contributed by atoms with van der Waals surface area (Å²) in [6.07, 6.45) is -0.0566. The fourth-order valence-corrected chi connectivity index (χ4v) is 2.76. The molecule has 0 aromatic carbocycles. The molecule has 112 valence electrons. The van der Waals surface area contributed by atoms with Gasteiger partial charge < -0.3 is 15.2 Å². The first kappa shape index (κ1) is 17.4. The molecular weight excluding hydrogens is 392 g/mol. The second kappa shape index (κ2) is 7.38. The maximum absolute atomic E-state index is 11.7. The van der Waals surface area contributed by atoms with E-state index < -0.39 is 17.7 Å². The van der Waals surface area contributed by atoms with E-state index in [1.807, 2.05) is 12.1 Å². The maximum atomic E-state index is 11.7. The summed E-state index contributed by atoms with van der Waals surface area (Å²) in [5.41, 5.74) is 0.376. The first-order chi connectivity index (χ1) is 9.19. The number of aliphatic hydroxyl groups excluding tert-OH is 1. The van der Waals surface area contributed by atoms with Crippen molar-refractivity contribution >= 4 is 38.0 Å². The topological polar surface area (TPSA) is 71.5 Å². The number of pyridine rings is 1. The molecule has 0 aliphatic rings. The molecule has 1 amide bonds. The van der Waals surface area contributed by atoms with Gasteiger partial charge in [-0.15, -0.1) is 0 Å². The Bertz CT molecular complexity index is 455. The zero-order chi connectivity index (χ0) is 15.3. The number of halogens is 2. The summed E-state index contributed by atoms with van der Waals surface area (Å²) < 4.78 is 6.54. The third kappa shape index (κ3) is 6.67. The van der Waals surface area contributed by atoms with Crippen LogP contribution in [0, 0.1) is 0 Å². The Labute approximate surface area is 135 Å². The van der Waals surface area contributed by atoms with Gasteiger partial charge in [-0.1, -0.05) is 0 Å². The van der Waals surface area contributed by atoms with Gasteiger partial charge in [0, 0.05) is 0 Å². The van der Waals surface area contributed by atoms with Gasteiger partial charge in [-0.2, -0.15) is 0 Å². The van der Waals surface area contributed by atoms with E-state index in [1.165, 1.54) is 0 Å². The lowest BCUT2D eigenvalue weighted by molar-refractivity contribution is 0.0483. The van der Waals surface area contributed by atoms with Crippen molar-refractivity contribution in [2.24, 2.45) is 0 Å². The Balaban J connectivity index is 2.65. The Morgan fingerprint density at radius 2 is 1.95 bits per heavy atom. The Kier molecular flexibility index (Phi) is 6.42. The van der Waals surface area contributed by atoms with Crippen molar-refractivity contribution in [3.63, 3.8) is 0 Å². The fourth-order valence-electron chi connectivity index (χ4n) is 1.55. The molecule has 2 N–H and O–H groups in total. The number of nitrogens with zero attached hydrogens (tertiary/aromatic N) is 1. The van der Waals surface area contributed by atoms with E-state index in [0.29, 0.717) is 15.6 Å². The number of ether oxygens (including phenoxy) is 1. The molecule has 0 spiro atoms. The second-order valence-corrected chi connectivity index (χ2v) is 6.98. The third-order valence-electron chi connectivity index (χ3n) is 2.25. The number of aliphatic hydroxyl groups is 1. The van der Waals surface area contributed by atoms with Gasteiger partial charge in [0.25, 0.3) is 0 Å². The summed E-state index contributed by atoms with van der Waals surface area (Å²) in [4.78, 5) is 15.8. The largest absolute Gasteiger partial charge is 0.444 e. The van der Waals surface area contributed by atoms with Crippen molar-refractivity contribution in [1.29, 1.82) is 0 Å². The molecule has 7 heteroatoms. The zero-order valence-corrected chi connectivity index (χ0v) is 14.8. The van der Waals surface area contributed by atoms with E-state index in [2.05, 4.69) is 42.2 Å². The van der Waals surface area contributed by atoms with E-state index in [4.69, 9.17) is 4.74 Å². The number of alkyl carbamates (subject to hydrolysis) is 1. The molecule has 0 fully saturated rings. The van der Waals surface area contributed by atoms with Gasteiger partial charge in [-0.05, 0) is 76.7 Å². The molecule has 0 aliphatic carbocycles. The van der Waals surface area contributed by atoms with Crippen LogP contribution in [0.15, 0.2) is 21.3 Å². The molecule has 0 aliphatic heterocycles. The minimum absolute atomic E-state index is 0.170. The van der Waals surface area contributed by atoms with Crippen LogP contribution < -0.4 is 5.32 Å². The van der Waals surface area contributed by atoms with Crippen molar-refractivity contribution in [2.75, 3.05) is 6.61 Å². The molecule has 1 unspecified atom stereocenters. The normalized spacial score (nSPS) is 12.9. The maximum Gasteiger partial charge on any atom is 0.407 e. The number of hydrogen-bond donors (Lipinski definition) is 2. The summed E-state index contributed by atoms with van der Waals surface area (Å²) in [5.74, 6) is 0. The molecule has 1 aromatic rings. The van der Waals surface area contributed by atoms with Crippen LogP contribution in [0.5, 0.6) is 0 Å². The highest BCUT2D eigenvalue weighted by atomic mass is 79.9. The highest BCUT2D eigenvalue weighted by Crippen LogP contribution is 2.17. The monoisotopic (exact) mass is 408 g/mol. The first-order valence-electron chi connectivity index (χ1n) is 6.12. The van der Waals surface area contributed by atoms with Crippen molar-refractivity contribution in [2.45, 2.75) is 38.8 Å². The van der Waals surface area contributed by atoms with Crippen LogP contribution in [-0.4, -0.2) is 34.4 Å². The Morgan fingerprint density at radius 1 is 1.40 bits per heavy atom. The highest BCUT2D eigenvalue weighted by molar-refractivity contribution is 9.11. The summed E-state index contributed by atoms with van der Waals surface area (Å²) in [6.45, 7) is 5.20. The number of carbonyl (C=O) groups is 1. The zero-order valence-electron chi connectivity index (χ0n) is 11.6. The van der Waals surface area contributed by atoms with Crippen LogP contribution >= 0.6 is 31.9 Å². The molecule has 0 radical (unpaired) electrons. The molecule has 0 saturated carbocycles. The van der Waals surface area contributed by atoms with Crippen molar-refractivity contribution in [3.05, 3.63) is 26.9 Å². The number of nitrogens with one attached hydrogen (secondary N) is 1. The molecule has 1 aromatic heterocycles. The molecule has 1 heterocycles. The first-order valence-corrected chi connectivity index (χ1v) is 7.70. The molecule has 20 heavy (non-hydrogen) atoms. The summed E-state index contributed by atoms with van der Waals surface area (Å²) in [7, 11) is 0. The number of hydrogen-bond acceptors (Lipinski definition) is 4. The molecule has 0 bridgehead atoms. The summed E-state index contributed by atoms with van der Waals surface area (Å²) >= 11 is 6.60. The third-order valence-corrected chi connectivity index (χ3v) is 3.06. The number of aromatic nitrogens is 1. The minimum Gasteiger partial charge on any atom is -0.444 e. The van der Waals surface area contributed by atoms with Crippen LogP contribution in [0.1, 0.15) is 26.3 Å². The van der Waals surface area contributed by atoms with Crippen LogP contribution in [0.4, 0.5) is 4.79 Å². The predicted molar refractivity (Wildman–Crippen MR) is 83.6 cm³/mol. The van der Waals surface area contributed by atoms with Crippen molar-refractivity contribution < 1.29 is 14.6 Å². The lowest BCUT2D eigenvalue weighted by Gasteiger charge is -2.22. The van der Waals surface area contributed by atoms with Gasteiger partial charge in [0.2, 0.25) is 0 Å². The fraction of sp³-hybridized carbons (Fsp3) is 0.538. The highest BCUT2D eigenvalue weighted by Gasteiger charge is 2.19. The molecule has 1 atom stereocenters. The summed E-state index contributed by atoms with van der Waals surface area (Å²) in [6, 6.07) is 3.26. The van der Waals surface area contributed by atoms with E-state index in [0.717, 1.165) is 5.56 Å². The van der Waals surface area contributed by atoms with Crippen LogP contribution in [0.25, 0.3) is 0 Å². The molecule has 1 rings (SSSR count). The van der Waals surface area contributed by atoms with E-state index in [9.17, 15) is 9.90 Å². The lowest BCUT2D eigenvalue weighted by Crippen LogP contribution is -2.42. The quantitative estimate of drug-likeness (QED) is 0.749. The van der Waals surface area contributed by atoms with Crippen LogP contribution in [0.3, 0.4) is 0 Å². The predicted octanol–water partition coefficient (Wildman–Crippen LogP) is 3.03. The number of carbonyl (C=O) groups excluding carboxylic acids is 1. The summed E-state index contributed by atoms with van der Waals surface area (Å²) in [5, 5.41) is 12.0. The molecule has 0 saturated heterocycles. The van der Waals surface area contributed by atoms with E-state index >= 15 is 0 Å². The Morgan fingerprint density at radius 3 is 2.40 bits per heavy atom. The van der Waals surface area contributed by atoms with E-state index in [1.54, 1.807) is 20.8 Å². The van der Waals surface area contributed by atoms with Gasteiger partial charge in [0.05, 0.1) is 12.6 Å². The van der Waals surface area contributed by atoms with Crippen molar-refractivity contribution in [3.8, 4) is 0 Å². The number of rotatable bonds is 4. The van der Waals surface area contributed by atoms with Gasteiger partial charge in [0.15, 0.2) is 0 Å². The van der Waals surface area contributed by atoms with Crippen molar-refractivity contribution in [1.82, 2.24) is 10.3 Å². The van der Waals surface area contributed by atoms with E-state index in [-0.39, 0.29) is 6.61 Å². The average molecular weight is 410 g/mol. The smallest absolute Gasteiger partial charge is 0.407 e. The average Bonchev–Trinajstić information content (AvgIpc) is 2.23. The van der Waals surface area contributed by atoms with Gasteiger partial charge >= 0.3 is 6.09 Å². The SMILES string of the molecule is CC(C)(C)OC(=O)NC(CO)Cc1cc(Br)nc(Br)c1. The lowest BCUT2D eigenvalue weighted by atomic mass is 10.1.